The van der Waals surface area contributed by atoms with Crippen molar-refractivity contribution < 1.29 is 45.1 Å². The fourth-order valence-corrected chi connectivity index (χ4v) is 27.3. The van der Waals surface area contributed by atoms with E-state index in [1.807, 2.05) is 11.1 Å². The fourth-order valence-electron chi connectivity index (χ4n) is 11.6. The molecule has 2 atom stereocenters. The van der Waals surface area contributed by atoms with E-state index in [2.05, 4.69) is 125 Å². The summed E-state index contributed by atoms with van der Waals surface area (Å²) in [6.45, 7) is 9.25. The van der Waals surface area contributed by atoms with Crippen molar-refractivity contribution in [3.05, 3.63) is 129 Å². The van der Waals surface area contributed by atoms with Gasteiger partial charge in [-0.1, -0.05) is 0 Å². The standard InChI is InChI=1S/2C24H27.C3H6.2ClH.Zr/c2*1-17(2)18-11-13-20(14-12-18)23-10-6-9-21-15-22(16-24(21)23)19-7-4-3-5-8-19;1-3-2;;;/h2*6,9-17,19H,3-5,7-8H2,1-2H3;1-3H2;2*1H;/q;;;;;+2/p-2. The van der Waals surface area contributed by atoms with Gasteiger partial charge in [-0.25, -0.2) is 0 Å². The second kappa shape index (κ2) is 16.7. The van der Waals surface area contributed by atoms with Crippen molar-refractivity contribution in [3.63, 3.8) is 0 Å². The van der Waals surface area contributed by atoms with Gasteiger partial charge >= 0.3 is 322 Å². The molecular weight excluding hydrogens is 775 g/mol. The van der Waals surface area contributed by atoms with Gasteiger partial charge in [-0.15, -0.1) is 0 Å². The first-order chi connectivity index (χ1) is 25.4. The monoisotopic (exact) mass is 832 g/mol. The molecule has 2 unspecified atom stereocenters. The summed E-state index contributed by atoms with van der Waals surface area (Å²) in [4.78, 5) is 0. The third kappa shape index (κ3) is 7.05. The second-order valence-electron chi connectivity index (χ2n) is 18.1. The van der Waals surface area contributed by atoms with Gasteiger partial charge in [0.1, 0.15) is 0 Å². The molecule has 4 aromatic rings. The number of allylic oxidation sites excluding steroid dienone is 2. The summed E-state index contributed by atoms with van der Waals surface area (Å²) in [5, 5.41) is 0. The molecule has 4 aromatic carbocycles. The molecule has 5 aliphatic rings. The smallest absolute Gasteiger partial charge is 1.00 e. The maximum absolute atomic E-state index is 3.00. The second-order valence-corrected chi connectivity index (χ2v) is 29.4. The van der Waals surface area contributed by atoms with Crippen LogP contribution in [-0.2, 0) is 20.3 Å². The molecule has 1 heterocycles. The summed E-state index contributed by atoms with van der Waals surface area (Å²) in [5.74, 6) is 2.66. The van der Waals surface area contributed by atoms with Gasteiger partial charge in [0, 0.05) is 0 Å². The average Bonchev–Trinajstić information content (AvgIpc) is 3.76. The number of halogens is 2. The summed E-state index contributed by atoms with van der Waals surface area (Å²) in [6.07, 6.45) is 21.2. The van der Waals surface area contributed by atoms with Crippen LogP contribution in [0.2, 0.25) is 8.26 Å². The molecule has 0 nitrogen and oxygen atoms in total. The Balaban J connectivity index is 0.00000225. The van der Waals surface area contributed by atoms with E-state index in [-0.39, 0.29) is 24.8 Å². The maximum atomic E-state index is 2.81. The van der Waals surface area contributed by atoms with Gasteiger partial charge in [0.25, 0.3) is 0 Å². The minimum absolute atomic E-state index is 0. The molecule has 0 spiro atoms. The maximum Gasteiger partial charge on any atom is -1.00 e. The number of benzene rings is 4. The number of fused-ring (bicyclic) bond motifs is 2. The van der Waals surface area contributed by atoms with Gasteiger partial charge in [-0.2, -0.15) is 0 Å². The van der Waals surface area contributed by atoms with Crippen LogP contribution in [-0.4, -0.2) is 0 Å². The largest absolute Gasteiger partial charge is 1.00 e. The first-order valence-corrected chi connectivity index (χ1v) is 27.6. The van der Waals surface area contributed by atoms with Crippen LogP contribution in [0.15, 0.2) is 96.1 Å². The minimum atomic E-state index is -3.00. The molecule has 2 saturated carbocycles. The van der Waals surface area contributed by atoms with Crippen molar-refractivity contribution >= 4 is 12.2 Å². The Morgan fingerprint density at radius 1 is 0.463 bits per heavy atom. The van der Waals surface area contributed by atoms with Crippen LogP contribution in [0.3, 0.4) is 0 Å². The molecule has 0 bridgehead atoms. The molecule has 3 heteroatoms. The Bertz CT molecular complexity index is 1840. The predicted octanol–water partition coefficient (Wildman–Crippen LogP) is 9.41. The van der Waals surface area contributed by atoms with Crippen LogP contribution in [0, 0.1) is 11.8 Å². The summed E-state index contributed by atoms with van der Waals surface area (Å²) >= 11 is -3.00. The third-order valence-corrected chi connectivity index (χ3v) is 29.7. The molecule has 3 fully saturated rings. The molecule has 9 rings (SSSR count). The molecule has 1 saturated heterocycles. The van der Waals surface area contributed by atoms with E-state index >= 15 is 0 Å². The summed E-state index contributed by atoms with van der Waals surface area (Å²) in [7, 11) is 0. The van der Waals surface area contributed by atoms with Gasteiger partial charge in [0.15, 0.2) is 0 Å². The Morgan fingerprint density at radius 2 is 0.852 bits per heavy atom. The van der Waals surface area contributed by atoms with Crippen LogP contribution < -0.4 is 24.8 Å². The Labute approximate surface area is 344 Å². The first kappa shape index (κ1) is 40.0. The van der Waals surface area contributed by atoms with Gasteiger partial charge < -0.3 is 24.8 Å². The number of hydrogen-bond donors (Lipinski definition) is 0. The van der Waals surface area contributed by atoms with Crippen LogP contribution in [0.25, 0.3) is 34.4 Å². The zero-order valence-corrected chi connectivity index (χ0v) is 37.1. The van der Waals surface area contributed by atoms with Gasteiger partial charge in [-0.3, -0.25) is 0 Å². The van der Waals surface area contributed by atoms with E-state index in [0.29, 0.717) is 19.1 Å². The molecule has 0 amide bonds. The molecule has 54 heavy (non-hydrogen) atoms. The van der Waals surface area contributed by atoms with Crippen LogP contribution in [0.1, 0.15) is 151 Å². The Kier molecular flexibility index (Phi) is 12.4. The van der Waals surface area contributed by atoms with Crippen LogP contribution in [0.5, 0.6) is 0 Å². The van der Waals surface area contributed by atoms with E-state index < -0.39 is 20.3 Å². The van der Waals surface area contributed by atoms with Crippen molar-refractivity contribution in [2.24, 2.45) is 11.8 Å². The van der Waals surface area contributed by atoms with Crippen LogP contribution >= 0.6 is 0 Å². The third-order valence-electron chi connectivity index (χ3n) is 14.6. The average molecular weight is 835 g/mol. The quantitative estimate of drug-likeness (QED) is 0.166. The van der Waals surface area contributed by atoms with Crippen molar-refractivity contribution in [1.82, 2.24) is 0 Å². The summed E-state index contributed by atoms with van der Waals surface area (Å²) < 4.78 is 4.54. The fraction of sp³-hybridized carbons (Fsp3) is 0.451. The van der Waals surface area contributed by atoms with Gasteiger partial charge in [0.2, 0.25) is 0 Å². The first-order valence-electron chi connectivity index (χ1n) is 21.3. The van der Waals surface area contributed by atoms with Crippen molar-refractivity contribution in [2.75, 3.05) is 0 Å². The normalized spacial score (nSPS) is 21.5. The van der Waals surface area contributed by atoms with E-state index in [4.69, 9.17) is 0 Å². The van der Waals surface area contributed by atoms with Crippen molar-refractivity contribution in [1.29, 1.82) is 0 Å². The van der Waals surface area contributed by atoms with E-state index in [1.54, 1.807) is 30.5 Å². The van der Waals surface area contributed by atoms with Crippen molar-refractivity contribution in [2.45, 2.75) is 126 Å². The molecule has 4 aliphatic carbocycles. The molecular formula is C51H60Cl2Zr. The van der Waals surface area contributed by atoms with Gasteiger partial charge in [0.05, 0.1) is 0 Å². The minimum Gasteiger partial charge on any atom is -1.00 e. The summed E-state index contributed by atoms with van der Waals surface area (Å²) in [6, 6.07) is 34.2. The molecule has 0 radical (unpaired) electrons. The van der Waals surface area contributed by atoms with Crippen LogP contribution in [0.4, 0.5) is 0 Å². The zero-order valence-electron chi connectivity index (χ0n) is 33.2. The molecule has 0 N–H and O–H groups in total. The number of hydrogen-bond acceptors (Lipinski definition) is 0. The van der Waals surface area contributed by atoms with E-state index in [1.165, 1.54) is 104 Å². The van der Waals surface area contributed by atoms with E-state index in [9.17, 15) is 0 Å². The molecule has 0 aromatic heterocycles. The Morgan fingerprint density at radius 3 is 1.19 bits per heavy atom. The topological polar surface area (TPSA) is 0 Å². The zero-order chi connectivity index (χ0) is 35.4. The Hall–Kier alpha value is -2.18. The van der Waals surface area contributed by atoms with E-state index in [0.717, 1.165) is 11.8 Å². The molecule has 282 valence electrons. The number of rotatable bonds is 8. The SMILES string of the molecule is CC(C)c1ccc(-c2cccc3c2C=C(C2CCCCC2)[CH]3[Zr+2]2([CH]3C(C4CCCCC4)=Cc4c(-c5ccc(C(C)C)cc5)cccc43)[CH2]C[CH2]2)cc1.[Cl-].[Cl-]. The predicted molar refractivity (Wildman–Crippen MR) is 221 cm³/mol. The van der Waals surface area contributed by atoms with Crippen molar-refractivity contribution in [3.8, 4) is 22.3 Å². The van der Waals surface area contributed by atoms with Gasteiger partial charge in [-0.05, 0) is 0 Å². The summed E-state index contributed by atoms with van der Waals surface area (Å²) in [5.41, 5.74) is 19.1. The molecule has 1 aliphatic heterocycles.